The summed E-state index contributed by atoms with van der Waals surface area (Å²) in [6, 6.07) is 17.8. The van der Waals surface area contributed by atoms with E-state index in [-0.39, 0.29) is 5.91 Å². The van der Waals surface area contributed by atoms with Crippen LogP contribution < -0.4 is 10.1 Å². The van der Waals surface area contributed by atoms with Gasteiger partial charge in [-0.2, -0.15) is 5.10 Å². The van der Waals surface area contributed by atoms with E-state index in [9.17, 15) is 4.79 Å². The number of carbonyl (C=O) groups excluding carboxylic acids is 1. The number of hydrogen-bond acceptors (Lipinski definition) is 3. The van der Waals surface area contributed by atoms with Crippen molar-refractivity contribution in [3.05, 3.63) is 77.1 Å². The fraction of sp³-hybridized carbons (Fsp3) is 0.238. The molecule has 0 spiro atoms. The molecule has 134 valence electrons. The van der Waals surface area contributed by atoms with Crippen molar-refractivity contribution in [3.8, 4) is 5.75 Å². The number of aromatic nitrogens is 2. The van der Waals surface area contributed by atoms with E-state index in [0.717, 1.165) is 41.2 Å². The van der Waals surface area contributed by atoms with Crippen molar-refractivity contribution in [1.82, 2.24) is 10.2 Å². The van der Waals surface area contributed by atoms with Crippen molar-refractivity contribution in [1.29, 1.82) is 0 Å². The molecule has 26 heavy (non-hydrogen) atoms. The summed E-state index contributed by atoms with van der Waals surface area (Å²) in [5, 5.41) is 10.3. The summed E-state index contributed by atoms with van der Waals surface area (Å²) < 4.78 is 5.21. The van der Waals surface area contributed by atoms with E-state index in [1.165, 1.54) is 5.56 Å². The van der Waals surface area contributed by atoms with Gasteiger partial charge >= 0.3 is 0 Å². The van der Waals surface area contributed by atoms with Gasteiger partial charge in [0, 0.05) is 0 Å². The van der Waals surface area contributed by atoms with E-state index in [2.05, 4.69) is 27.6 Å². The SMILES string of the molecule is COc1cccc(CC(=O)Nc2c(CCc3ccccc3)n[nH]c2C)c1. The molecule has 1 amide bonds. The second-order valence-corrected chi connectivity index (χ2v) is 6.23. The van der Waals surface area contributed by atoms with Gasteiger partial charge in [0.15, 0.2) is 0 Å². The molecule has 0 bridgehead atoms. The highest BCUT2D eigenvalue weighted by molar-refractivity contribution is 5.93. The maximum Gasteiger partial charge on any atom is 0.228 e. The quantitative estimate of drug-likeness (QED) is 0.683. The number of amides is 1. The average molecular weight is 349 g/mol. The Hall–Kier alpha value is -3.08. The average Bonchev–Trinajstić information content (AvgIpc) is 3.00. The number of H-pyrrole nitrogens is 1. The first-order chi connectivity index (χ1) is 12.7. The van der Waals surface area contributed by atoms with Gasteiger partial charge in [-0.3, -0.25) is 9.89 Å². The summed E-state index contributed by atoms with van der Waals surface area (Å²) in [6.07, 6.45) is 1.94. The lowest BCUT2D eigenvalue weighted by Crippen LogP contribution is -2.16. The van der Waals surface area contributed by atoms with Crippen LogP contribution >= 0.6 is 0 Å². The number of aryl methyl sites for hydroxylation is 3. The standard InChI is InChI=1S/C21H23N3O2/c1-15-21(19(24-23-15)12-11-16-7-4-3-5-8-16)22-20(25)14-17-9-6-10-18(13-17)26-2/h3-10,13H,11-12,14H2,1-2H3,(H,22,25)(H,23,24). The Balaban J connectivity index is 1.65. The molecule has 0 radical (unpaired) electrons. The van der Waals surface area contributed by atoms with Crippen LogP contribution in [0.25, 0.3) is 0 Å². The molecule has 5 heteroatoms. The highest BCUT2D eigenvalue weighted by Gasteiger charge is 2.14. The van der Waals surface area contributed by atoms with Crippen molar-refractivity contribution < 1.29 is 9.53 Å². The Morgan fingerprint density at radius 3 is 2.62 bits per heavy atom. The number of aromatic amines is 1. The summed E-state index contributed by atoms with van der Waals surface area (Å²) in [7, 11) is 1.62. The van der Waals surface area contributed by atoms with Gasteiger partial charge in [-0.05, 0) is 43.0 Å². The Morgan fingerprint density at radius 1 is 1.08 bits per heavy atom. The van der Waals surface area contributed by atoms with Crippen molar-refractivity contribution in [3.63, 3.8) is 0 Å². The summed E-state index contributed by atoms with van der Waals surface area (Å²) in [5.41, 5.74) is 4.70. The molecule has 0 fully saturated rings. The van der Waals surface area contributed by atoms with Crippen molar-refractivity contribution in [2.24, 2.45) is 0 Å². The third-order valence-electron chi connectivity index (χ3n) is 4.28. The molecule has 0 aliphatic carbocycles. The van der Waals surface area contributed by atoms with Gasteiger partial charge in [-0.25, -0.2) is 0 Å². The molecule has 0 aliphatic heterocycles. The van der Waals surface area contributed by atoms with Crippen LogP contribution in [0.1, 0.15) is 22.5 Å². The zero-order valence-electron chi connectivity index (χ0n) is 15.1. The lowest BCUT2D eigenvalue weighted by atomic mass is 10.1. The number of carbonyl (C=O) groups is 1. The van der Waals surface area contributed by atoms with Crippen molar-refractivity contribution in [2.45, 2.75) is 26.2 Å². The predicted octanol–water partition coefficient (Wildman–Crippen LogP) is 3.69. The minimum atomic E-state index is -0.0660. The van der Waals surface area contributed by atoms with Crippen LogP contribution in [0.3, 0.4) is 0 Å². The number of anilines is 1. The molecular weight excluding hydrogens is 326 g/mol. The molecular formula is C21H23N3O2. The van der Waals surface area contributed by atoms with Gasteiger partial charge in [0.1, 0.15) is 5.75 Å². The minimum Gasteiger partial charge on any atom is -0.497 e. The topological polar surface area (TPSA) is 67.0 Å². The zero-order valence-corrected chi connectivity index (χ0v) is 15.1. The fourth-order valence-corrected chi connectivity index (χ4v) is 2.89. The number of hydrogen-bond donors (Lipinski definition) is 2. The first-order valence-corrected chi connectivity index (χ1v) is 8.66. The van der Waals surface area contributed by atoms with Gasteiger partial charge in [0.05, 0.1) is 30.6 Å². The van der Waals surface area contributed by atoms with Gasteiger partial charge < -0.3 is 10.1 Å². The first-order valence-electron chi connectivity index (χ1n) is 8.66. The van der Waals surface area contributed by atoms with Crippen LogP contribution in [-0.4, -0.2) is 23.2 Å². The molecule has 2 N–H and O–H groups in total. The molecule has 1 heterocycles. The summed E-state index contributed by atoms with van der Waals surface area (Å²) >= 11 is 0. The second kappa shape index (κ2) is 8.34. The highest BCUT2D eigenvalue weighted by Crippen LogP contribution is 2.20. The number of methoxy groups -OCH3 is 1. The van der Waals surface area contributed by atoms with Crippen molar-refractivity contribution >= 4 is 11.6 Å². The summed E-state index contributed by atoms with van der Waals surface area (Å²) in [4.78, 5) is 12.5. The van der Waals surface area contributed by atoms with Crippen LogP contribution in [0, 0.1) is 6.92 Å². The van der Waals surface area contributed by atoms with Gasteiger partial charge in [0.25, 0.3) is 0 Å². The number of nitrogens with zero attached hydrogens (tertiary/aromatic N) is 1. The largest absolute Gasteiger partial charge is 0.497 e. The molecule has 1 aromatic heterocycles. The zero-order chi connectivity index (χ0) is 18.4. The Kier molecular flexibility index (Phi) is 5.69. The lowest BCUT2D eigenvalue weighted by Gasteiger charge is -2.08. The Morgan fingerprint density at radius 2 is 1.85 bits per heavy atom. The molecule has 2 aromatic carbocycles. The number of benzene rings is 2. The number of rotatable bonds is 7. The molecule has 0 saturated heterocycles. The first kappa shape index (κ1) is 17.7. The third kappa shape index (κ3) is 4.51. The molecule has 3 aromatic rings. The molecule has 0 aliphatic rings. The van der Waals surface area contributed by atoms with Gasteiger partial charge in [-0.1, -0.05) is 42.5 Å². The van der Waals surface area contributed by atoms with Crippen LogP contribution in [-0.2, 0) is 24.1 Å². The second-order valence-electron chi connectivity index (χ2n) is 6.23. The normalized spacial score (nSPS) is 10.5. The molecule has 5 nitrogen and oxygen atoms in total. The van der Waals surface area contributed by atoms with Crippen LogP contribution in [0.4, 0.5) is 5.69 Å². The lowest BCUT2D eigenvalue weighted by molar-refractivity contribution is -0.115. The minimum absolute atomic E-state index is 0.0660. The van der Waals surface area contributed by atoms with Gasteiger partial charge in [-0.15, -0.1) is 0 Å². The molecule has 3 rings (SSSR count). The maximum absolute atomic E-state index is 12.5. The van der Waals surface area contributed by atoms with Crippen LogP contribution in [0.2, 0.25) is 0 Å². The molecule has 0 saturated carbocycles. The Labute approximate surface area is 153 Å². The smallest absolute Gasteiger partial charge is 0.228 e. The van der Waals surface area contributed by atoms with E-state index in [1.54, 1.807) is 7.11 Å². The highest BCUT2D eigenvalue weighted by atomic mass is 16.5. The number of ether oxygens (including phenoxy) is 1. The summed E-state index contributed by atoms with van der Waals surface area (Å²) in [6.45, 7) is 1.92. The van der Waals surface area contributed by atoms with Crippen LogP contribution in [0.15, 0.2) is 54.6 Å². The van der Waals surface area contributed by atoms with Gasteiger partial charge in [0.2, 0.25) is 5.91 Å². The Bertz CT molecular complexity index is 872. The fourth-order valence-electron chi connectivity index (χ4n) is 2.89. The van der Waals surface area contributed by atoms with E-state index < -0.39 is 0 Å². The molecule has 0 atom stereocenters. The monoisotopic (exact) mass is 349 g/mol. The predicted molar refractivity (Wildman–Crippen MR) is 103 cm³/mol. The van der Waals surface area contributed by atoms with E-state index >= 15 is 0 Å². The van der Waals surface area contributed by atoms with E-state index in [4.69, 9.17) is 4.74 Å². The van der Waals surface area contributed by atoms with Crippen LogP contribution in [0.5, 0.6) is 5.75 Å². The molecule has 0 unspecified atom stereocenters. The maximum atomic E-state index is 12.5. The third-order valence-corrected chi connectivity index (χ3v) is 4.28. The number of nitrogens with one attached hydrogen (secondary N) is 2. The van der Waals surface area contributed by atoms with Crippen molar-refractivity contribution in [2.75, 3.05) is 12.4 Å². The summed E-state index contributed by atoms with van der Waals surface area (Å²) in [5.74, 6) is 0.682. The van der Waals surface area contributed by atoms with E-state index in [1.807, 2.05) is 49.4 Å². The van der Waals surface area contributed by atoms with E-state index in [0.29, 0.717) is 6.42 Å².